The second-order valence-corrected chi connectivity index (χ2v) is 9.46. The topological polar surface area (TPSA) is 79.5 Å². The van der Waals surface area contributed by atoms with E-state index in [2.05, 4.69) is 37.1 Å². The number of rotatable bonds is 2. The van der Waals surface area contributed by atoms with Crippen LogP contribution in [-0.4, -0.2) is 53.3 Å². The molecule has 0 bridgehead atoms. The molecule has 3 atom stereocenters. The molecule has 0 unspecified atom stereocenters. The van der Waals surface area contributed by atoms with Crippen LogP contribution >= 0.6 is 11.3 Å². The number of primary amides is 1. The van der Waals surface area contributed by atoms with Crippen LogP contribution in [0.15, 0.2) is 18.2 Å². The van der Waals surface area contributed by atoms with Crippen molar-refractivity contribution >= 4 is 33.4 Å². The van der Waals surface area contributed by atoms with Gasteiger partial charge >= 0.3 is 11.8 Å². The molecule has 3 heterocycles. The summed E-state index contributed by atoms with van der Waals surface area (Å²) in [5, 5.41) is 1.21. The Bertz CT molecular complexity index is 896. The summed E-state index contributed by atoms with van der Waals surface area (Å²) in [6.45, 7) is 4.90. The van der Waals surface area contributed by atoms with Gasteiger partial charge in [0.05, 0.1) is 21.3 Å². The van der Waals surface area contributed by atoms with Crippen LogP contribution in [0.5, 0.6) is 0 Å². The van der Waals surface area contributed by atoms with E-state index in [1.807, 2.05) is 0 Å². The summed E-state index contributed by atoms with van der Waals surface area (Å²) in [6.07, 6.45) is 4.28. The van der Waals surface area contributed by atoms with Gasteiger partial charge in [-0.25, -0.2) is 4.98 Å². The van der Waals surface area contributed by atoms with Gasteiger partial charge in [0.2, 0.25) is 0 Å². The number of hydrogen-bond donors (Lipinski definition) is 1. The van der Waals surface area contributed by atoms with Crippen molar-refractivity contribution in [1.29, 1.82) is 0 Å². The predicted octanol–water partition coefficient (Wildman–Crippen LogP) is 2.89. The van der Waals surface area contributed by atoms with Gasteiger partial charge in [0.15, 0.2) is 0 Å². The number of amides is 2. The predicted molar refractivity (Wildman–Crippen MR) is 111 cm³/mol. The zero-order valence-electron chi connectivity index (χ0n) is 16.6. The van der Waals surface area contributed by atoms with Crippen LogP contribution in [0.3, 0.4) is 0 Å². The summed E-state index contributed by atoms with van der Waals surface area (Å²) < 4.78 is 1.18. The van der Waals surface area contributed by atoms with E-state index in [9.17, 15) is 9.59 Å². The number of aromatic nitrogens is 1. The van der Waals surface area contributed by atoms with Gasteiger partial charge in [-0.3, -0.25) is 9.59 Å². The number of piperidine rings is 2. The van der Waals surface area contributed by atoms with Crippen LogP contribution in [0, 0.1) is 5.92 Å². The third-order valence-corrected chi connectivity index (χ3v) is 7.27. The summed E-state index contributed by atoms with van der Waals surface area (Å²) in [7, 11) is 2.17. The first-order chi connectivity index (χ1) is 13.4. The van der Waals surface area contributed by atoms with Crippen LogP contribution in [0.1, 0.15) is 55.1 Å². The molecule has 28 heavy (non-hydrogen) atoms. The summed E-state index contributed by atoms with van der Waals surface area (Å²) in [5.74, 6) is -0.584. The highest BCUT2D eigenvalue weighted by Crippen LogP contribution is 2.37. The largest absolute Gasteiger partial charge is 0.361 e. The van der Waals surface area contributed by atoms with Crippen molar-refractivity contribution in [2.45, 2.75) is 44.6 Å². The zero-order valence-corrected chi connectivity index (χ0v) is 17.4. The Labute approximate surface area is 169 Å². The number of carbonyl (C=O) groups excluding carboxylic acids is 2. The van der Waals surface area contributed by atoms with Crippen molar-refractivity contribution in [3.8, 4) is 0 Å². The monoisotopic (exact) mass is 400 g/mol. The lowest BCUT2D eigenvalue weighted by molar-refractivity contribution is -0.147. The van der Waals surface area contributed by atoms with Crippen molar-refractivity contribution < 1.29 is 9.59 Å². The SMILES string of the molecule is C[C@H]1CC[C@H](c2ccc3sc([C@@H]4CCCN(C)C4)nc3c2)N(C(=O)C(N)=O)C1. The van der Waals surface area contributed by atoms with Gasteiger partial charge < -0.3 is 15.5 Å². The Balaban J connectivity index is 1.63. The molecule has 150 valence electrons. The first-order valence-electron chi connectivity index (χ1n) is 10.1. The number of thiazole rings is 1. The molecule has 0 aliphatic carbocycles. The van der Waals surface area contributed by atoms with Gasteiger partial charge in [-0.05, 0) is 62.9 Å². The Hall–Kier alpha value is -1.99. The lowest BCUT2D eigenvalue weighted by Crippen LogP contribution is -2.46. The average molecular weight is 401 g/mol. The number of likely N-dealkylation sites (tertiary alicyclic amines) is 2. The first kappa shape index (κ1) is 19.3. The minimum atomic E-state index is -0.877. The molecule has 2 aliphatic rings. The van der Waals surface area contributed by atoms with Crippen molar-refractivity contribution in [3.63, 3.8) is 0 Å². The maximum atomic E-state index is 12.4. The number of likely N-dealkylation sites (N-methyl/N-ethyl adjacent to an activating group) is 1. The molecule has 2 aliphatic heterocycles. The molecule has 7 heteroatoms. The van der Waals surface area contributed by atoms with Crippen LogP contribution < -0.4 is 5.73 Å². The van der Waals surface area contributed by atoms with Crippen molar-refractivity contribution in [3.05, 3.63) is 28.8 Å². The molecule has 1 aromatic heterocycles. The van der Waals surface area contributed by atoms with E-state index in [1.165, 1.54) is 22.5 Å². The fraction of sp³-hybridized carbons (Fsp3) is 0.571. The Morgan fingerprint density at radius 3 is 2.79 bits per heavy atom. The van der Waals surface area contributed by atoms with E-state index in [0.717, 1.165) is 37.0 Å². The number of carbonyl (C=O) groups is 2. The Morgan fingerprint density at radius 2 is 2.04 bits per heavy atom. The second-order valence-electron chi connectivity index (χ2n) is 8.40. The van der Waals surface area contributed by atoms with Gasteiger partial charge in [0, 0.05) is 19.0 Å². The second kappa shape index (κ2) is 7.79. The smallest absolute Gasteiger partial charge is 0.312 e. The quantitative estimate of drug-likeness (QED) is 0.786. The number of nitrogens with two attached hydrogens (primary N) is 1. The summed E-state index contributed by atoms with van der Waals surface area (Å²) in [6, 6.07) is 6.19. The van der Waals surface area contributed by atoms with Crippen molar-refractivity contribution in [1.82, 2.24) is 14.8 Å². The fourth-order valence-electron chi connectivity index (χ4n) is 4.58. The number of hydrogen-bond acceptors (Lipinski definition) is 5. The molecular weight excluding hydrogens is 372 g/mol. The standard InChI is InChI=1S/C21H28N4O2S/c1-13-5-7-17(25(11-13)21(27)19(22)26)14-6-8-18-16(10-14)23-20(28-18)15-4-3-9-24(2)12-15/h6,8,10,13,15,17H,3-5,7,9,11-12H2,1-2H3,(H2,22,26)/t13-,15+,17+/m0/s1. The van der Waals surface area contributed by atoms with Gasteiger partial charge in [0.1, 0.15) is 0 Å². The van der Waals surface area contributed by atoms with E-state index in [0.29, 0.717) is 18.4 Å². The molecule has 2 aromatic rings. The van der Waals surface area contributed by atoms with E-state index < -0.39 is 11.8 Å². The van der Waals surface area contributed by atoms with Crippen LogP contribution in [0.25, 0.3) is 10.2 Å². The summed E-state index contributed by atoms with van der Waals surface area (Å²) >= 11 is 1.78. The number of benzene rings is 1. The normalized spacial score (nSPS) is 26.5. The third-order valence-electron chi connectivity index (χ3n) is 6.08. The molecule has 4 rings (SSSR count). The summed E-state index contributed by atoms with van der Waals surface area (Å²) in [4.78, 5) is 32.9. The highest BCUT2D eigenvalue weighted by atomic mass is 32.1. The van der Waals surface area contributed by atoms with Gasteiger partial charge in [-0.15, -0.1) is 11.3 Å². The minimum absolute atomic E-state index is 0.105. The van der Waals surface area contributed by atoms with Gasteiger partial charge in [-0.2, -0.15) is 0 Å². The van der Waals surface area contributed by atoms with Crippen LogP contribution in [-0.2, 0) is 9.59 Å². The van der Waals surface area contributed by atoms with E-state index in [4.69, 9.17) is 10.7 Å². The highest BCUT2D eigenvalue weighted by Gasteiger charge is 2.33. The molecule has 6 nitrogen and oxygen atoms in total. The molecular formula is C21H28N4O2S. The van der Waals surface area contributed by atoms with E-state index in [1.54, 1.807) is 16.2 Å². The fourth-order valence-corrected chi connectivity index (χ4v) is 5.65. The number of fused-ring (bicyclic) bond motifs is 1. The van der Waals surface area contributed by atoms with Crippen molar-refractivity contribution in [2.75, 3.05) is 26.7 Å². The molecule has 2 fully saturated rings. The molecule has 0 radical (unpaired) electrons. The van der Waals surface area contributed by atoms with E-state index in [-0.39, 0.29) is 6.04 Å². The Kier molecular flexibility index (Phi) is 5.38. The molecule has 0 saturated carbocycles. The first-order valence-corrected chi connectivity index (χ1v) is 10.9. The van der Waals surface area contributed by atoms with Crippen LogP contribution in [0.4, 0.5) is 0 Å². The lowest BCUT2D eigenvalue weighted by atomic mass is 9.89. The highest BCUT2D eigenvalue weighted by molar-refractivity contribution is 7.18. The molecule has 2 N–H and O–H groups in total. The van der Waals surface area contributed by atoms with Crippen LogP contribution in [0.2, 0.25) is 0 Å². The molecule has 2 amide bonds. The maximum Gasteiger partial charge on any atom is 0.312 e. The van der Waals surface area contributed by atoms with E-state index >= 15 is 0 Å². The lowest BCUT2D eigenvalue weighted by Gasteiger charge is -2.38. The Morgan fingerprint density at radius 1 is 1.21 bits per heavy atom. The summed E-state index contributed by atoms with van der Waals surface area (Å²) in [5.41, 5.74) is 7.34. The molecule has 2 saturated heterocycles. The molecule has 0 spiro atoms. The zero-order chi connectivity index (χ0) is 19.8. The third kappa shape index (κ3) is 3.78. The number of nitrogens with zero attached hydrogens (tertiary/aromatic N) is 3. The maximum absolute atomic E-state index is 12.4. The van der Waals surface area contributed by atoms with Gasteiger partial charge in [-0.1, -0.05) is 13.0 Å². The molecule has 1 aromatic carbocycles. The van der Waals surface area contributed by atoms with Crippen molar-refractivity contribution in [2.24, 2.45) is 11.7 Å². The average Bonchev–Trinajstić information content (AvgIpc) is 3.10. The minimum Gasteiger partial charge on any atom is -0.361 e. The van der Waals surface area contributed by atoms with Gasteiger partial charge in [0.25, 0.3) is 0 Å².